The first-order chi connectivity index (χ1) is 9.66. The fraction of sp³-hybridized carbons (Fsp3) is 0.154. The van der Waals surface area contributed by atoms with Crippen molar-refractivity contribution in [3.63, 3.8) is 0 Å². The summed E-state index contributed by atoms with van der Waals surface area (Å²) in [6.07, 6.45) is 1.49. The van der Waals surface area contributed by atoms with Crippen LogP contribution in [0.5, 0.6) is 0 Å². The van der Waals surface area contributed by atoms with Crippen LogP contribution in [0.4, 0.5) is 0 Å². The number of thiazole rings is 1. The zero-order valence-corrected chi connectivity index (χ0v) is 12.9. The van der Waals surface area contributed by atoms with Crippen molar-refractivity contribution in [2.45, 2.75) is 11.8 Å². The Hall–Kier alpha value is -1.37. The summed E-state index contributed by atoms with van der Waals surface area (Å²) in [6.45, 7) is 1.88. The van der Waals surface area contributed by atoms with Gasteiger partial charge in [0, 0.05) is 4.90 Å². The summed E-state index contributed by atoms with van der Waals surface area (Å²) >= 11 is 8.90. The largest absolute Gasteiger partial charge is 0.292 e. The molecule has 20 heavy (non-hydrogen) atoms. The number of halogens is 1. The quantitative estimate of drug-likeness (QED) is 0.542. The molecule has 0 fully saturated rings. The van der Waals surface area contributed by atoms with Crippen molar-refractivity contribution < 1.29 is 4.79 Å². The summed E-state index contributed by atoms with van der Waals surface area (Å²) in [7, 11) is 0. The molecular weight excluding hydrogens is 314 g/mol. The molecule has 2 heterocycles. The summed E-state index contributed by atoms with van der Waals surface area (Å²) < 4.78 is 1.69. The molecule has 4 nitrogen and oxygen atoms in total. The van der Waals surface area contributed by atoms with E-state index in [1.54, 1.807) is 4.52 Å². The minimum absolute atomic E-state index is 0.0738. The lowest BCUT2D eigenvalue weighted by Gasteiger charge is -2.02. The lowest BCUT2D eigenvalue weighted by atomic mass is 10.3. The second-order valence-corrected chi connectivity index (χ2v) is 6.52. The van der Waals surface area contributed by atoms with Gasteiger partial charge >= 0.3 is 0 Å². The van der Waals surface area contributed by atoms with Crippen LogP contribution < -0.4 is 0 Å². The van der Waals surface area contributed by atoms with Crippen molar-refractivity contribution in [1.82, 2.24) is 14.6 Å². The number of fused-ring (bicyclic) bond motifs is 1. The van der Waals surface area contributed by atoms with Gasteiger partial charge in [-0.15, -0.1) is 11.8 Å². The van der Waals surface area contributed by atoms with Gasteiger partial charge in [0.1, 0.15) is 6.33 Å². The fourth-order valence-electron chi connectivity index (χ4n) is 1.82. The van der Waals surface area contributed by atoms with Crippen LogP contribution in [0.1, 0.15) is 15.4 Å². The number of rotatable bonds is 4. The lowest BCUT2D eigenvalue weighted by molar-refractivity contribution is 0.102. The zero-order chi connectivity index (χ0) is 14.1. The smallest absolute Gasteiger partial charge is 0.212 e. The van der Waals surface area contributed by atoms with Crippen molar-refractivity contribution in [2.75, 3.05) is 5.75 Å². The molecule has 2 aromatic heterocycles. The molecule has 3 rings (SSSR count). The minimum atomic E-state index is 0.0738. The molecule has 0 unspecified atom stereocenters. The molecule has 0 aliphatic heterocycles. The van der Waals surface area contributed by atoms with Gasteiger partial charge in [-0.3, -0.25) is 4.79 Å². The van der Waals surface area contributed by atoms with Crippen molar-refractivity contribution in [2.24, 2.45) is 0 Å². The molecule has 0 amide bonds. The van der Waals surface area contributed by atoms with E-state index in [9.17, 15) is 4.79 Å². The fourth-order valence-corrected chi connectivity index (χ4v) is 4.00. The Morgan fingerprint density at radius 3 is 3.00 bits per heavy atom. The molecule has 3 aromatic rings. The number of nitrogens with zero attached hydrogens (tertiary/aromatic N) is 3. The van der Waals surface area contributed by atoms with Crippen LogP contribution in [0.3, 0.4) is 0 Å². The monoisotopic (exact) mass is 323 g/mol. The van der Waals surface area contributed by atoms with Gasteiger partial charge < -0.3 is 0 Å². The highest BCUT2D eigenvalue weighted by atomic mass is 35.5. The third-order valence-corrected chi connectivity index (χ3v) is 5.51. The summed E-state index contributed by atoms with van der Waals surface area (Å²) in [6, 6.07) is 7.52. The Balaban J connectivity index is 1.78. The average Bonchev–Trinajstić information content (AvgIpc) is 3.01. The standard InChI is InChI=1S/C13H10ClN3OS2/c1-8-12(20-13-15-7-16-17(8)13)10(18)6-19-11-5-3-2-4-9(11)14/h2-5,7H,6H2,1H3. The van der Waals surface area contributed by atoms with E-state index >= 15 is 0 Å². The summed E-state index contributed by atoms with van der Waals surface area (Å²) in [5.41, 5.74) is 0.840. The molecule has 0 radical (unpaired) electrons. The number of ketones is 1. The first-order valence-corrected chi connectivity index (χ1v) is 8.04. The number of benzene rings is 1. The van der Waals surface area contributed by atoms with E-state index in [4.69, 9.17) is 11.6 Å². The van der Waals surface area contributed by atoms with Crippen molar-refractivity contribution in [1.29, 1.82) is 0 Å². The third-order valence-electron chi connectivity index (χ3n) is 2.80. The number of aromatic nitrogens is 3. The second kappa shape index (κ2) is 5.55. The summed E-state index contributed by atoms with van der Waals surface area (Å²) in [4.78, 5) is 18.8. The van der Waals surface area contributed by atoms with Gasteiger partial charge in [-0.2, -0.15) is 5.10 Å². The van der Waals surface area contributed by atoms with Crippen molar-refractivity contribution in [3.05, 3.63) is 46.2 Å². The highest BCUT2D eigenvalue weighted by molar-refractivity contribution is 8.00. The van der Waals surface area contributed by atoms with E-state index < -0.39 is 0 Å². The predicted molar refractivity (Wildman–Crippen MR) is 82.1 cm³/mol. The maximum Gasteiger partial charge on any atom is 0.212 e. The number of hydrogen-bond donors (Lipinski definition) is 0. The van der Waals surface area contributed by atoms with Gasteiger partial charge in [-0.05, 0) is 19.1 Å². The molecule has 1 aromatic carbocycles. The van der Waals surface area contributed by atoms with Gasteiger partial charge in [0.15, 0.2) is 5.78 Å². The Kier molecular flexibility index (Phi) is 3.78. The van der Waals surface area contributed by atoms with Crippen LogP contribution in [0, 0.1) is 6.92 Å². The van der Waals surface area contributed by atoms with Gasteiger partial charge in [0.05, 0.1) is 21.3 Å². The predicted octanol–water partition coefficient (Wildman–Crippen LogP) is 3.73. The molecule has 0 saturated carbocycles. The van der Waals surface area contributed by atoms with Crippen molar-refractivity contribution >= 4 is 45.4 Å². The van der Waals surface area contributed by atoms with E-state index in [0.29, 0.717) is 15.7 Å². The Labute approximate surface area is 128 Å². The number of thioether (sulfide) groups is 1. The number of aryl methyl sites for hydroxylation is 1. The van der Waals surface area contributed by atoms with E-state index in [1.807, 2.05) is 31.2 Å². The summed E-state index contributed by atoms with van der Waals surface area (Å²) in [5, 5.41) is 4.76. The molecule has 0 aliphatic rings. The molecule has 0 N–H and O–H groups in total. The van der Waals surface area contributed by atoms with E-state index in [0.717, 1.165) is 15.6 Å². The zero-order valence-electron chi connectivity index (χ0n) is 10.5. The molecule has 0 bridgehead atoms. The Bertz CT molecular complexity index is 781. The highest BCUT2D eigenvalue weighted by Crippen LogP contribution is 2.29. The van der Waals surface area contributed by atoms with Gasteiger partial charge in [0.25, 0.3) is 0 Å². The molecule has 0 saturated heterocycles. The summed E-state index contributed by atoms with van der Waals surface area (Å²) in [5.74, 6) is 0.429. The number of hydrogen-bond acceptors (Lipinski definition) is 5. The van der Waals surface area contributed by atoms with Gasteiger partial charge in [-0.25, -0.2) is 9.50 Å². The molecule has 102 valence electrons. The average molecular weight is 324 g/mol. The lowest BCUT2D eigenvalue weighted by Crippen LogP contribution is -2.03. The topological polar surface area (TPSA) is 47.3 Å². The van der Waals surface area contributed by atoms with Crippen LogP contribution >= 0.6 is 34.7 Å². The number of carbonyl (C=O) groups is 1. The van der Waals surface area contributed by atoms with Gasteiger partial charge in [-0.1, -0.05) is 35.1 Å². The van der Waals surface area contributed by atoms with E-state index in [-0.39, 0.29) is 5.78 Å². The van der Waals surface area contributed by atoms with Crippen LogP contribution in [0.2, 0.25) is 5.02 Å². The molecule has 0 atom stereocenters. The van der Waals surface area contributed by atoms with E-state index in [2.05, 4.69) is 10.1 Å². The highest BCUT2D eigenvalue weighted by Gasteiger charge is 2.17. The SMILES string of the molecule is Cc1c(C(=O)CSc2ccccc2Cl)sc2ncnn12. The molecule has 7 heteroatoms. The maximum absolute atomic E-state index is 12.3. The number of carbonyl (C=O) groups excluding carboxylic acids is 1. The first-order valence-electron chi connectivity index (χ1n) is 5.86. The van der Waals surface area contributed by atoms with Crippen LogP contribution in [-0.4, -0.2) is 26.1 Å². The normalized spacial score (nSPS) is 11.1. The van der Waals surface area contributed by atoms with E-state index in [1.165, 1.54) is 29.4 Å². The van der Waals surface area contributed by atoms with Gasteiger partial charge in [0.2, 0.25) is 4.96 Å². The third kappa shape index (κ3) is 2.46. The van der Waals surface area contributed by atoms with Crippen molar-refractivity contribution in [3.8, 4) is 0 Å². The van der Waals surface area contributed by atoms with Crippen LogP contribution in [0.15, 0.2) is 35.5 Å². The van der Waals surface area contributed by atoms with Crippen LogP contribution in [0.25, 0.3) is 4.96 Å². The second-order valence-electron chi connectivity index (χ2n) is 4.11. The molecular formula is C13H10ClN3OS2. The Morgan fingerprint density at radius 1 is 1.45 bits per heavy atom. The Morgan fingerprint density at radius 2 is 2.25 bits per heavy atom. The molecule has 0 aliphatic carbocycles. The number of Topliss-reactive ketones (excluding diaryl/α,β-unsaturated/α-hetero) is 1. The molecule has 0 spiro atoms. The van der Waals surface area contributed by atoms with Crippen LogP contribution in [-0.2, 0) is 0 Å². The first kappa shape index (κ1) is 13.6. The maximum atomic E-state index is 12.3. The minimum Gasteiger partial charge on any atom is -0.292 e.